The van der Waals surface area contributed by atoms with Gasteiger partial charge in [0.25, 0.3) is 0 Å². The first-order chi connectivity index (χ1) is 31.3. The Hall–Kier alpha value is -4.08. The van der Waals surface area contributed by atoms with E-state index in [4.69, 9.17) is 9.47 Å². The topological polar surface area (TPSA) is 18.5 Å². The molecule has 0 N–H and O–H groups in total. The lowest BCUT2D eigenvalue weighted by atomic mass is 9.79. The molecule has 4 aromatic rings. The molecular weight excluding hydrogens is 845 g/mol. The third-order valence-electron chi connectivity index (χ3n) is 14.0. The summed E-state index contributed by atoms with van der Waals surface area (Å²) in [6.45, 7) is 5.07. The Labute approximate surface area is 381 Å². The second-order valence-electron chi connectivity index (χ2n) is 19.2. The fourth-order valence-corrected chi connectivity index (χ4v) is 9.82. The smallest absolute Gasteiger partial charge is 0.248 e. The first kappa shape index (κ1) is 50.3. The standard InChI is InChI=1S/C55H68F8O2/c1-37-15-19-39(20-16-37)43-27-29-47(53(60)51(43)58)45-25-23-41(35-49(45)56)64-33-13-9-5-3-7-11-31-55(62,63)32-12-8-4-6-10-14-34-65-42-24-26-46(50(57)36-42)48-30-28-44(52(59)54(48)61)40-21-17-38(2)18-22-40/h23-30,35-40H,3-22,31-34H2,1-2H3. The van der Waals surface area contributed by atoms with Gasteiger partial charge in [0.2, 0.25) is 5.92 Å². The Kier molecular flexibility index (Phi) is 19.1. The van der Waals surface area contributed by atoms with Crippen LogP contribution >= 0.6 is 0 Å². The number of alkyl halides is 2. The van der Waals surface area contributed by atoms with Gasteiger partial charge in [-0.25, -0.2) is 35.1 Å². The molecule has 2 aliphatic rings. The van der Waals surface area contributed by atoms with Crippen LogP contribution in [0.2, 0.25) is 0 Å². The first-order valence-corrected chi connectivity index (χ1v) is 24.5. The predicted molar refractivity (Wildman–Crippen MR) is 245 cm³/mol. The molecule has 0 bridgehead atoms. The molecule has 0 aliphatic heterocycles. The number of hydrogen-bond donors (Lipinski definition) is 0. The van der Waals surface area contributed by atoms with E-state index in [0.717, 1.165) is 116 Å². The largest absolute Gasteiger partial charge is 0.493 e. The third-order valence-corrected chi connectivity index (χ3v) is 14.0. The van der Waals surface area contributed by atoms with Crippen LogP contribution in [-0.4, -0.2) is 19.1 Å². The summed E-state index contributed by atoms with van der Waals surface area (Å²) in [4.78, 5) is 0. The van der Waals surface area contributed by atoms with Gasteiger partial charge < -0.3 is 9.47 Å². The SMILES string of the molecule is CC1CCC(c2ccc(-c3ccc(OCCCCCCCCC(F)(F)CCCCCCCCOc4ccc(-c5ccc(C6CCC(C)CC6)c(F)c5F)c(F)c4)cc3F)c(F)c2F)CC1. The van der Waals surface area contributed by atoms with Crippen molar-refractivity contribution in [1.29, 1.82) is 0 Å². The number of rotatable bonds is 24. The molecule has 65 heavy (non-hydrogen) atoms. The molecule has 0 heterocycles. The Bertz CT molecular complexity index is 1960. The average molecular weight is 913 g/mol. The molecule has 4 aromatic carbocycles. The molecule has 10 heteroatoms. The Balaban J connectivity index is 0.768. The molecule has 0 aromatic heterocycles. The maximum absolute atomic E-state index is 15.1. The number of hydrogen-bond acceptors (Lipinski definition) is 2. The predicted octanol–water partition coefficient (Wildman–Crippen LogP) is 18.0. The van der Waals surface area contributed by atoms with E-state index in [1.165, 1.54) is 36.4 Å². The molecule has 356 valence electrons. The van der Waals surface area contributed by atoms with Crippen molar-refractivity contribution in [3.05, 3.63) is 107 Å². The summed E-state index contributed by atoms with van der Waals surface area (Å²) in [6, 6.07) is 14.5. The summed E-state index contributed by atoms with van der Waals surface area (Å²) in [6.07, 6.45) is 16.0. The Morgan fingerprint density at radius 2 is 0.754 bits per heavy atom. The summed E-state index contributed by atoms with van der Waals surface area (Å²) >= 11 is 0. The first-order valence-electron chi connectivity index (χ1n) is 24.5. The molecule has 0 atom stereocenters. The molecule has 2 aliphatic carbocycles. The van der Waals surface area contributed by atoms with Gasteiger partial charge in [-0.2, -0.15) is 0 Å². The summed E-state index contributed by atoms with van der Waals surface area (Å²) in [5.74, 6) is -6.09. The second kappa shape index (κ2) is 24.6. The van der Waals surface area contributed by atoms with Crippen LogP contribution in [0.3, 0.4) is 0 Å². The van der Waals surface area contributed by atoms with Gasteiger partial charge in [-0.15, -0.1) is 0 Å². The minimum Gasteiger partial charge on any atom is -0.493 e. The molecule has 0 spiro atoms. The zero-order chi connectivity index (χ0) is 46.3. The van der Waals surface area contributed by atoms with Gasteiger partial charge in [0.1, 0.15) is 23.1 Å². The van der Waals surface area contributed by atoms with E-state index in [1.807, 2.05) is 0 Å². The maximum atomic E-state index is 15.1. The quantitative estimate of drug-likeness (QED) is 0.0515. The minimum atomic E-state index is -2.67. The van der Waals surface area contributed by atoms with Crippen LogP contribution in [0.1, 0.15) is 178 Å². The molecule has 2 saturated carbocycles. The van der Waals surface area contributed by atoms with Crippen molar-refractivity contribution in [2.75, 3.05) is 13.2 Å². The van der Waals surface area contributed by atoms with E-state index in [1.54, 1.807) is 24.3 Å². The van der Waals surface area contributed by atoms with E-state index >= 15 is 26.3 Å². The van der Waals surface area contributed by atoms with Gasteiger partial charge in [0.15, 0.2) is 23.3 Å². The van der Waals surface area contributed by atoms with E-state index < -0.39 is 40.8 Å². The fourth-order valence-electron chi connectivity index (χ4n) is 9.82. The molecule has 0 unspecified atom stereocenters. The van der Waals surface area contributed by atoms with Crippen molar-refractivity contribution in [3.63, 3.8) is 0 Å². The van der Waals surface area contributed by atoms with Gasteiger partial charge in [0.05, 0.1) is 13.2 Å². The minimum absolute atomic E-state index is 0.0121. The monoisotopic (exact) mass is 913 g/mol. The van der Waals surface area contributed by atoms with Crippen molar-refractivity contribution in [2.45, 2.75) is 173 Å². The lowest BCUT2D eigenvalue weighted by Gasteiger charge is -2.27. The van der Waals surface area contributed by atoms with Crippen LogP contribution in [0.15, 0.2) is 60.7 Å². The van der Waals surface area contributed by atoms with Crippen LogP contribution in [0.4, 0.5) is 35.1 Å². The second-order valence-corrected chi connectivity index (χ2v) is 19.2. The van der Waals surface area contributed by atoms with Crippen molar-refractivity contribution >= 4 is 0 Å². The van der Waals surface area contributed by atoms with Crippen molar-refractivity contribution in [1.82, 2.24) is 0 Å². The number of ether oxygens (including phenoxy) is 2. The van der Waals surface area contributed by atoms with E-state index in [-0.39, 0.29) is 46.9 Å². The van der Waals surface area contributed by atoms with Crippen molar-refractivity contribution in [3.8, 4) is 33.8 Å². The molecule has 0 radical (unpaired) electrons. The van der Waals surface area contributed by atoms with Gasteiger partial charge in [-0.1, -0.05) is 115 Å². The molecule has 2 fully saturated rings. The highest BCUT2D eigenvalue weighted by Gasteiger charge is 2.29. The number of benzene rings is 4. The van der Waals surface area contributed by atoms with Crippen molar-refractivity contribution in [2.24, 2.45) is 11.8 Å². The Morgan fingerprint density at radius 3 is 1.12 bits per heavy atom. The highest BCUT2D eigenvalue weighted by atomic mass is 19.3. The highest BCUT2D eigenvalue weighted by Crippen LogP contribution is 2.41. The van der Waals surface area contributed by atoms with Gasteiger partial charge >= 0.3 is 0 Å². The van der Waals surface area contributed by atoms with Gasteiger partial charge in [-0.3, -0.25) is 0 Å². The Morgan fingerprint density at radius 1 is 0.415 bits per heavy atom. The maximum Gasteiger partial charge on any atom is 0.248 e. The molecule has 0 amide bonds. The lowest BCUT2D eigenvalue weighted by Crippen LogP contribution is -2.15. The van der Waals surface area contributed by atoms with E-state index in [2.05, 4.69) is 13.8 Å². The zero-order valence-corrected chi connectivity index (χ0v) is 38.4. The molecule has 0 saturated heterocycles. The highest BCUT2D eigenvalue weighted by molar-refractivity contribution is 5.67. The van der Waals surface area contributed by atoms with Crippen LogP contribution < -0.4 is 9.47 Å². The van der Waals surface area contributed by atoms with Crippen LogP contribution in [-0.2, 0) is 0 Å². The zero-order valence-electron chi connectivity index (χ0n) is 38.4. The van der Waals surface area contributed by atoms with Gasteiger partial charge in [-0.05, 0) is 110 Å². The van der Waals surface area contributed by atoms with Crippen LogP contribution in [0.25, 0.3) is 22.3 Å². The summed E-state index contributed by atoms with van der Waals surface area (Å²) in [7, 11) is 0. The van der Waals surface area contributed by atoms with E-state index in [0.29, 0.717) is 60.5 Å². The summed E-state index contributed by atoms with van der Waals surface area (Å²) < 4.78 is 131. The third kappa shape index (κ3) is 14.5. The lowest BCUT2D eigenvalue weighted by molar-refractivity contribution is -0.0206. The van der Waals surface area contributed by atoms with Crippen molar-refractivity contribution < 1.29 is 44.6 Å². The van der Waals surface area contributed by atoms with Gasteiger partial charge in [0, 0.05) is 47.2 Å². The molecule has 6 rings (SSSR count). The normalized spacial score (nSPS) is 19.1. The molecule has 2 nitrogen and oxygen atoms in total. The number of unbranched alkanes of at least 4 members (excludes halogenated alkanes) is 10. The fraction of sp³-hybridized carbons (Fsp3) is 0.564. The van der Waals surface area contributed by atoms with Crippen LogP contribution in [0.5, 0.6) is 11.5 Å². The van der Waals surface area contributed by atoms with Crippen LogP contribution in [0, 0.1) is 46.7 Å². The average Bonchev–Trinajstić information content (AvgIpc) is 3.28. The number of halogens is 8. The van der Waals surface area contributed by atoms with E-state index in [9.17, 15) is 8.78 Å². The summed E-state index contributed by atoms with van der Waals surface area (Å²) in [5, 5.41) is 0. The summed E-state index contributed by atoms with van der Waals surface area (Å²) in [5.41, 5.74) is 0.516. The molecular formula is C55H68F8O2.